The maximum absolute atomic E-state index is 4.54. The smallest absolute Gasteiger partial charge is 0.0911 e. The molecule has 1 rings (SSSR count). The second-order valence-electron chi connectivity index (χ2n) is 3.63. The summed E-state index contributed by atoms with van der Waals surface area (Å²) in [5.74, 6) is 0. The maximum atomic E-state index is 4.54. The molecule has 0 saturated heterocycles. The van der Waals surface area contributed by atoms with E-state index in [1.54, 1.807) is 0 Å². The Balaban J connectivity index is 2.88. The van der Waals surface area contributed by atoms with Crippen molar-refractivity contribution < 1.29 is 0 Å². The third-order valence-electron chi connectivity index (χ3n) is 1.92. The highest BCUT2D eigenvalue weighted by Gasteiger charge is 1.97. The Bertz CT molecular complexity index is 337. The first-order chi connectivity index (χ1) is 7.24. The van der Waals surface area contributed by atoms with E-state index < -0.39 is 0 Å². The topological polar surface area (TPSA) is 15.6 Å². The van der Waals surface area contributed by atoms with Gasteiger partial charge in [0.05, 0.1) is 12.4 Å². The predicted octanol–water partition coefficient (Wildman–Crippen LogP) is 2.57. The minimum Gasteiger partial charge on any atom is -0.291 e. The number of nitrogens with zero attached hydrogens (tertiary/aromatic N) is 2. The van der Waals surface area contributed by atoms with E-state index in [1.807, 2.05) is 56.3 Å². The predicted molar refractivity (Wildman–Crippen MR) is 66.3 cm³/mol. The van der Waals surface area contributed by atoms with Crippen LogP contribution in [0.1, 0.15) is 12.5 Å². The molecule has 0 bridgehead atoms. The monoisotopic (exact) mass is 202 g/mol. The fourth-order valence-electron chi connectivity index (χ4n) is 1.22. The summed E-state index contributed by atoms with van der Waals surface area (Å²) in [7, 11) is 4.03. The van der Waals surface area contributed by atoms with Crippen molar-refractivity contribution >= 4 is 5.71 Å². The second-order valence-corrected chi connectivity index (χ2v) is 3.63. The normalized spacial score (nSPS) is 12.7. The van der Waals surface area contributed by atoms with Crippen LogP contribution >= 0.6 is 0 Å². The van der Waals surface area contributed by atoms with E-state index in [4.69, 9.17) is 0 Å². The van der Waals surface area contributed by atoms with E-state index in [9.17, 15) is 0 Å². The van der Waals surface area contributed by atoms with Crippen LogP contribution in [-0.2, 0) is 0 Å². The molecule has 0 atom stereocenters. The highest BCUT2D eigenvalue weighted by Crippen LogP contribution is 2.03. The first-order valence-corrected chi connectivity index (χ1v) is 5.11. The van der Waals surface area contributed by atoms with Gasteiger partial charge in [0.25, 0.3) is 0 Å². The summed E-state index contributed by atoms with van der Waals surface area (Å²) in [6.45, 7) is 2.72. The van der Waals surface area contributed by atoms with Gasteiger partial charge in [0, 0.05) is 0 Å². The largest absolute Gasteiger partial charge is 0.291 e. The summed E-state index contributed by atoms with van der Waals surface area (Å²) < 4.78 is 0. The van der Waals surface area contributed by atoms with Gasteiger partial charge in [0.15, 0.2) is 0 Å². The van der Waals surface area contributed by atoms with Gasteiger partial charge in [-0.3, -0.25) is 9.89 Å². The molecular formula is C13H18N2. The third-order valence-corrected chi connectivity index (χ3v) is 1.92. The zero-order valence-corrected chi connectivity index (χ0v) is 9.64. The Morgan fingerprint density at radius 1 is 1.27 bits per heavy atom. The van der Waals surface area contributed by atoms with Crippen LogP contribution in [0.25, 0.3) is 0 Å². The lowest BCUT2D eigenvalue weighted by Gasteiger charge is -2.07. The van der Waals surface area contributed by atoms with Gasteiger partial charge in [-0.25, -0.2) is 0 Å². The molecule has 0 saturated carbocycles. The first kappa shape index (κ1) is 11.7. The average Bonchev–Trinajstić information content (AvgIpc) is 2.25. The quantitative estimate of drug-likeness (QED) is 0.685. The summed E-state index contributed by atoms with van der Waals surface area (Å²) in [6.07, 6.45) is 4.06. The van der Waals surface area contributed by atoms with Crippen LogP contribution in [0.4, 0.5) is 0 Å². The first-order valence-electron chi connectivity index (χ1n) is 5.11. The summed E-state index contributed by atoms with van der Waals surface area (Å²) in [6, 6.07) is 10.2. The third kappa shape index (κ3) is 4.09. The molecule has 0 fully saturated rings. The minimum atomic E-state index is 0.717. The van der Waals surface area contributed by atoms with Gasteiger partial charge in [-0.2, -0.15) is 0 Å². The maximum Gasteiger partial charge on any atom is 0.0911 e. The van der Waals surface area contributed by atoms with E-state index in [0.717, 1.165) is 11.3 Å². The van der Waals surface area contributed by atoms with Crippen molar-refractivity contribution in [3.63, 3.8) is 0 Å². The molecule has 1 aromatic carbocycles. The average molecular weight is 202 g/mol. The van der Waals surface area contributed by atoms with Crippen LogP contribution in [0.15, 0.2) is 47.5 Å². The molecule has 0 aliphatic rings. The Kier molecular flexibility index (Phi) is 4.78. The fraction of sp³-hybridized carbons (Fsp3) is 0.308. The Morgan fingerprint density at radius 2 is 1.93 bits per heavy atom. The van der Waals surface area contributed by atoms with E-state index >= 15 is 0 Å². The van der Waals surface area contributed by atoms with Crippen LogP contribution in [0.2, 0.25) is 0 Å². The summed E-state index contributed by atoms with van der Waals surface area (Å²) in [4.78, 5) is 6.59. The van der Waals surface area contributed by atoms with Crippen molar-refractivity contribution in [3.8, 4) is 0 Å². The van der Waals surface area contributed by atoms with Crippen molar-refractivity contribution in [2.75, 3.05) is 20.8 Å². The standard InChI is InChI=1S/C13H18N2/c1-4-8-13(14-11-15(2)3)12-9-6-5-7-10-12/h4-10H,11H2,1-3H3/b8-4+,14-13+. The van der Waals surface area contributed by atoms with Crippen LogP contribution in [0.3, 0.4) is 0 Å². The summed E-state index contributed by atoms with van der Waals surface area (Å²) in [5.41, 5.74) is 2.20. The van der Waals surface area contributed by atoms with E-state index in [0.29, 0.717) is 6.67 Å². The molecule has 0 N–H and O–H groups in total. The molecule has 0 spiro atoms. The number of aliphatic imine (C=N–C) groups is 1. The SMILES string of the molecule is C/C=C/C(=N\CN(C)C)c1ccccc1. The van der Waals surface area contributed by atoms with Gasteiger partial charge in [-0.05, 0) is 32.7 Å². The number of benzene rings is 1. The summed E-state index contributed by atoms with van der Waals surface area (Å²) in [5, 5.41) is 0. The van der Waals surface area contributed by atoms with Crippen LogP contribution in [-0.4, -0.2) is 31.4 Å². The molecule has 1 aromatic rings. The Morgan fingerprint density at radius 3 is 2.47 bits per heavy atom. The number of hydrogen-bond donors (Lipinski definition) is 0. The van der Waals surface area contributed by atoms with Crippen molar-refractivity contribution in [3.05, 3.63) is 48.0 Å². The lowest BCUT2D eigenvalue weighted by molar-refractivity contribution is 0.424. The molecule has 0 aliphatic heterocycles. The van der Waals surface area contributed by atoms with Crippen LogP contribution in [0, 0.1) is 0 Å². The highest BCUT2D eigenvalue weighted by atomic mass is 15.1. The molecule has 0 amide bonds. The van der Waals surface area contributed by atoms with Gasteiger partial charge >= 0.3 is 0 Å². The minimum absolute atomic E-state index is 0.717. The molecular weight excluding hydrogens is 184 g/mol. The molecule has 0 radical (unpaired) electrons. The van der Waals surface area contributed by atoms with E-state index in [1.165, 1.54) is 0 Å². The second kappa shape index (κ2) is 6.14. The Hall–Kier alpha value is -1.41. The van der Waals surface area contributed by atoms with E-state index in [2.05, 4.69) is 17.1 Å². The Labute approximate surface area is 92.0 Å². The molecule has 2 heteroatoms. The van der Waals surface area contributed by atoms with Crippen molar-refractivity contribution in [1.29, 1.82) is 0 Å². The van der Waals surface area contributed by atoms with Gasteiger partial charge in [0.1, 0.15) is 0 Å². The van der Waals surface area contributed by atoms with Crippen molar-refractivity contribution in [2.24, 2.45) is 4.99 Å². The van der Waals surface area contributed by atoms with Gasteiger partial charge in [-0.15, -0.1) is 0 Å². The lowest BCUT2D eigenvalue weighted by Crippen LogP contribution is -2.13. The fourth-order valence-corrected chi connectivity index (χ4v) is 1.22. The van der Waals surface area contributed by atoms with Crippen molar-refractivity contribution in [1.82, 2.24) is 4.90 Å². The molecule has 0 aromatic heterocycles. The summed E-state index contributed by atoms with van der Waals surface area (Å²) >= 11 is 0. The zero-order valence-electron chi connectivity index (χ0n) is 9.64. The number of hydrogen-bond acceptors (Lipinski definition) is 2. The molecule has 80 valence electrons. The van der Waals surface area contributed by atoms with Gasteiger partial charge in [0.2, 0.25) is 0 Å². The number of allylic oxidation sites excluding steroid dienone is 2. The number of rotatable bonds is 4. The molecule has 15 heavy (non-hydrogen) atoms. The van der Waals surface area contributed by atoms with Crippen molar-refractivity contribution in [2.45, 2.75) is 6.92 Å². The molecule has 2 nitrogen and oxygen atoms in total. The van der Waals surface area contributed by atoms with Gasteiger partial charge in [-0.1, -0.05) is 36.4 Å². The van der Waals surface area contributed by atoms with Gasteiger partial charge < -0.3 is 0 Å². The molecule has 0 aliphatic carbocycles. The zero-order chi connectivity index (χ0) is 11.1. The van der Waals surface area contributed by atoms with E-state index in [-0.39, 0.29) is 0 Å². The lowest BCUT2D eigenvalue weighted by atomic mass is 10.1. The highest BCUT2D eigenvalue weighted by molar-refractivity contribution is 6.08. The molecule has 0 heterocycles. The van der Waals surface area contributed by atoms with Crippen LogP contribution in [0.5, 0.6) is 0 Å². The molecule has 0 unspecified atom stereocenters. The van der Waals surface area contributed by atoms with Crippen LogP contribution < -0.4 is 0 Å².